The van der Waals surface area contributed by atoms with E-state index in [0.717, 1.165) is 12.8 Å². The molecule has 6 nitrogen and oxygen atoms in total. The molecule has 1 heterocycles. The fourth-order valence-corrected chi connectivity index (χ4v) is 3.98. The van der Waals surface area contributed by atoms with Crippen molar-refractivity contribution in [1.82, 2.24) is 5.32 Å². The van der Waals surface area contributed by atoms with Crippen LogP contribution >= 0.6 is 12.2 Å². The Bertz CT molecular complexity index is 1040. The van der Waals surface area contributed by atoms with Gasteiger partial charge in [-0.05, 0) is 61.5 Å². The van der Waals surface area contributed by atoms with Crippen molar-refractivity contribution in [1.29, 1.82) is 0 Å². The lowest BCUT2D eigenvalue weighted by Crippen LogP contribution is -2.54. The summed E-state index contributed by atoms with van der Waals surface area (Å²) in [7, 11) is 0. The summed E-state index contributed by atoms with van der Waals surface area (Å²) in [5.41, 5.74) is 1.26. The molecule has 0 radical (unpaired) electrons. The lowest BCUT2D eigenvalue weighted by molar-refractivity contribution is -0.122. The maximum atomic E-state index is 13.2. The number of anilines is 1. The molecular formula is C27H32N2O4S. The molecule has 0 aliphatic carbocycles. The van der Waals surface area contributed by atoms with Crippen molar-refractivity contribution < 1.29 is 19.1 Å². The summed E-state index contributed by atoms with van der Waals surface area (Å²) in [4.78, 5) is 27.0. The second-order valence-corrected chi connectivity index (χ2v) is 8.44. The van der Waals surface area contributed by atoms with Crippen molar-refractivity contribution in [3.05, 3.63) is 59.7 Å². The predicted octanol–water partition coefficient (Wildman–Crippen LogP) is 5.66. The van der Waals surface area contributed by atoms with Crippen molar-refractivity contribution in [3.63, 3.8) is 0 Å². The van der Waals surface area contributed by atoms with Crippen LogP contribution in [0.4, 0.5) is 5.69 Å². The molecule has 2 amide bonds. The van der Waals surface area contributed by atoms with Crippen LogP contribution in [0.25, 0.3) is 6.08 Å². The van der Waals surface area contributed by atoms with Crippen LogP contribution in [0.15, 0.2) is 54.1 Å². The summed E-state index contributed by atoms with van der Waals surface area (Å²) in [6.07, 6.45) is 8.69. The quantitative estimate of drug-likeness (QED) is 0.184. The maximum absolute atomic E-state index is 13.2. The van der Waals surface area contributed by atoms with Crippen LogP contribution in [0.1, 0.15) is 57.9 Å². The van der Waals surface area contributed by atoms with Gasteiger partial charge in [-0.15, -0.1) is 0 Å². The molecule has 0 unspecified atom stereocenters. The lowest BCUT2D eigenvalue weighted by atomic mass is 10.1. The molecular weight excluding hydrogens is 448 g/mol. The van der Waals surface area contributed by atoms with E-state index < -0.39 is 11.8 Å². The number of ether oxygens (including phenoxy) is 2. The molecule has 7 heteroatoms. The molecule has 0 aromatic heterocycles. The lowest BCUT2D eigenvalue weighted by Gasteiger charge is -2.28. The van der Waals surface area contributed by atoms with Gasteiger partial charge in [-0.3, -0.25) is 19.8 Å². The van der Waals surface area contributed by atoms with E-state index in [9.17, 15) is 9.59 Å². The van der Waals surface area contributed by atoms with Gasteiger partial charge in [0.2, 0.25) is 0 Å². The minimum absolute atomic E-state index is 0.000601. The third-order valence-corrected chi connectivity index (χ3v) is 5.73. The Morgan fingerprint density at radius 3 is 2.38 bits per heavy atom. The van der Waals surface area contributed by atoms with E-state index in [1.54, 1.807) is 24.3 Å². The molecule has 2 aromatic carbocycles. The molecule has 180 valence electrons. The van der Waals surface area contributed by atoms with Gasteiger partial charge < -0.3 is 9.47 Å². The number of carbonyl (C=O) groups is 2. The van der Waals surface area contributed by atoms with E-state index >= 15 is 0 Å². The summed E-state index contributed by atoms with van der Waals surface area (Å²) >= 11 is 5.24. The summed E-state index contributed by atoms with van der Waals surface area (Å²) in [6, 6.07) is 14.4. The summed E-state index contributed by atoms with van der Waals surface area (Å²) < 4.78 is 11.7. The fraction of sp³-hybridized carbons (Fsp3) is 0.370. The predicted molar refractivity (Wildman–Crippen MR) is 139 cm³/mol. The molecule has 2 aromatic rings. The first-order chi connectivity index (χ1) is 16.5. The average molecular weight is 481 g/mol. The van der Waals surface area contributed by atoms with Crippen molar-refractivity contribution in [2.45, 2.75) is 52.4 Å². The topological polar surface area (TPSA) is 67.9 Å². The third-order valence-electron chi connectivity index (χ3n) is 5.45. The summed E-state index contributed by atoms with van der Waals surface area (Å²) in [6.45, 7) is 5.21. The van der Waals surface area contributed by atoms with Crippen LogP contribution in [0.2, 0.25) is 0 Å². The van der Waals surface area contributed by atoms with Gasteiger partial charge in [0, 0.05) is 0 Å². The number of unbranched alkanes of at least 4 members (excludes halogenated alkanes) is 5. The molecule has 0 bridgehead atoms. The van der Waals surface area contributed by atoms with E-state index in [1.807, 2.05) is 37.3 Å². The number of nitrogens with zero attached hydrogens (tertiary/aromatic N) is 1. The third kappa shape index (κ3) is 6.67. The second-order valence-electron chi connectivity index (χ2n) is 8.05. The fourth-order valence-electron chi connectivity index (χ4n) is 3.70. The van der Waals surface area contributed by atoms with Crippen LogP contribution in [0.3, 0.4) is 0 Å². The van der Waals surface area contributed by atoms with E-state index in [0.29, 0.717) is 36.0 Å². The SMILES string of the molecule is CCCCCCCCOc1ccc(/C=C2/C(=O)NC(=S)N(c3ccccc3)C2=O)cc1OCC. The van der Waals surface area contributed by atoms with E-state index in [-0.39, 0.29) is 10.7 Å². The molecule has 1 N–H and O–H groups in total. The van der Waals surface area contributed by atoms with Crippen LogP contribution in [0.5, 0.6) is 11.5 Å². The Morgan fingerprint density at radius 1 is 0.912 bits per heavy atom. The highest BCUT2D eigenvalue weighted by atomic mass is 32.1. The van der Waals surface area contributed by atoms with Gasteiger partial charge in [0.15, 0.2) is 16.6 Å². The van der Waals surface area contributed by atoms with Crippen LogP contribution in [-0.4, -0.2) is 30.1 Å². The van der Waals surface area contributed by atoms with Crippen LogP contribution in [-0.2, 0) is 9.59 Å². The van der Waals surface area contributed by atoms with Crippen LogP contribution in [0, 0.1) is 0 Å². The van der Waals surface area contributed by atoms with E-state index in [4.69, 9.17) is 21.7 Å². The summed E-state index contributed by atoms with van der Waals surface area (Å²) in [5, 5.41) is 2.67. The number of rotatable bonds is 12. The first-order valence-corrected chi connectivity index (χ1v) is 12.3. The number of para-hydroxylation sites is 1. The maximum Gasteiger partial charge on any atom is 0.270 e. The Balaban J connectivity index is 1.74. The molecule has 0 saturated carbocycles. The monoisotopic (exact) mass is 480 g/mol. The molecule has 3 rings (SSSR count). The molecule has 1 aliphatic rings. The van der Waals surface area contributed by atoms with Crippen molar-refractivity contribution in [2.24, 2.45) is 0 Å². The first-order valence-electron chi connectivity index (χ1n) is 11.9. The smallest absolute Gasteiger partial charge is 0.270 e. The van der Waals surface area contributed by atoms with Gasteiger partial charge >= 0.3 is 0 Å². The molecule has 1 aliphatic heterocycles. The zero-order valence-electron chi connectivity index (χ0n) is 19.8. The van der Waals surface area contributed by atoms with Crippen molar-refractivity contribution in [3.8, 4) is 11.5 Å². The van der Waals surface area contributed by atoms with Gasteiger partial charge in [0.05, 0.1) is 18.9 Å². The molecule has 1 saturated heterocycles. The minimum Gasteiger partial charge on any atom is -0.490 e. The van der Waals surface area contributed by atoms with Crippen LogP contribution < -0.4 is 19.7 Å². The van der Waals surface area contributed by atoms with Gasteiger partial charge in [-0.25, -0.2) is 0 Å². The second kappa shape index (κ2) is 12.9. The summed E-state index contributed by atoms with van der Waals surface area (Å²) in [5.74, 6) is 0.246. The highest BCUT2D eigenvalue weighted by molar-refractivity contribution is 7.80. The molecule has 34 heavy (non-hydrogen) atoms. The van der Waals surface area contributed by atoms with Crippen molar-refractivity contribution in [2.75, 3.05) is 18.1 Å². The van der Waals surface area contributed by atoms with Gasteiger partial charge in [0.25, 0.3) is 11.8 Å². The molecule has 1 fully saturated rings. The number of thiocarbonyl (C=S) groups is 1. The van der Waals surface area contributed by atoms with E-state index in [1.165, 1.54) is 30.6 Å². The Hall–Kier alpha value is -3.19. The van der Waals surface area contributed by atoms with Crippen molar-refractivity contribution >= 4 is 40.9 Å². The highest BCUT2D eigenvalue weighted by Gasteiger charge is 2.34. The highest BCUT2D eigenvalue weighted by Crippen LogP contribution is 2.30. The zero-order chi connectivity index (χ0) is 24.3. The zero-order valence-corrected chi connectivity index (χ0v) is 20.7. The van der Waals surface area contributed by atoms with Gasteiger partial charge in [0.1, 0.15) is 5.57 Å². The van der Waals surface area contributed by atoms with E-state index in [2.05, 4.69) is 12.2 Å². The number of benzene rings is 2. The van der Waals surface area contributed by atoms with Gasteiger partial charge in [-0.2, -0.15) is 0 Å². The Labute approximate surface area is 206 Å². The average Bonchev–Trinajstić information content (AvgIpc) is 2.83. The first kappa shape index (κ1) is 25.4. The standard InChI is InChI=1S/C27H32N2O4S/c1-3-5-6-7-8-12-17-33-23-16-15-20(19-24(23)32-4-2)18-22-25(30)28-27(34)29(26(22)31)21-13-10-9-11-14-21/h9-11,13-16,18-19H,3-8,12,17H2,1-2H3,(H,28,30,34)/b22-18-. The number of nitrogens with one attached hydrogen (secondary N) is 1. The molecule has 0 atom stereocenters. The number of amides is 2. The Morgan fingerprint density at radius 2 is 1.65 bits per heavy atom. The minimum atomic E-state index is -0.524. The number of hydrogen-bond acceptors (Lipinski definition) is 5. The number of hydrogen-bond donors (Lipinski definition) is 1. The molecule has 0 spiro atoms. The Kier molecular flexibility index (Phi) is 9.64. The number of carbonyl (C=O) groups excluding carboxylic acids is 2. The van der Waals surface area contributed by atoms with Gasteiger partial charge in [-0.1, -0.05) is 63.3 Å². The normalized spacial score (nSPS) is 14.9. The largest absolute Gasteiger partial charge is 0.490 e.